The smallest absolute Gasteiger partial charge is 0.333 e. The van der Waals surface area contributed by atoms with Gasteiger partial charge in [-0.3, -0.25) is 0 Å². The summed E-state index contributed by atoms with van der Waals surface area (Å²) < 4.78 is 25.8. The van der Waals surface area contributed by atoms with E-state index in [1.807, 2.05) is 6.92 Å². The molecule has 0 saturated carbocycles. The van der Waals surface area contributed by atoms with Gasteiger partial charge < -0.3 is 22.2 Å². The molecule has 0 aromatic carbocycles. The molecule has 0 heterocycles. The first-order valence-corrected chi connectivity index (χ1v) is 25.4. The highest BCUT2D eigenvalue weighted by atomic mass is 28.5. The van der Waals surface area contributed by atoms with Crippen molar-refractivity contribution in [1.29, 1.82) is 0 Å². The molecule has 12 heteroatoms. The molecule has 0 spiro atoms. The van der Waals surface area contributed by atoms with E-state index in [2.05, 4.69) is 59.0 Å². The van der Waals surface area contributed by atoms with Crippen molar-refractivity contribution in [3.05, 3.63) is 24.3 Å². The summed E-state index contributed by atoms with van der Waals surface area (Å²) in [5.41, 5.74) is 1.34. The molecule has 1 unspecified atom stereocenters. The molecule has 0 radical (unpaired) electrons. The van der Waals surface area contributed by atoms with Gasteiger partial charge in [-0.05, 0) is 97.1 Å². The fraction of sp³-hybridized carbons (Fsp3) is 0.808. The molecule has 0 bridgehead atoms. The van der Waals surface area contributed by atoms with Crippen LogP contribution in [0.2, 0.25) is 64.0 Å². The SMILES string of the molecule is C=C(C)COOCCC[Si](C)(C)O[Si](C)(CCCCCO)O[Si](C)(C)O[Si](C)(C)CCCOC(=O)C(=C)C. The number of esters is 1. The van der Waals surface area contributed by atoms with Gasteiger partial charge in [-0.2, -0.15) is 0 Å². The van der Waals surface area contributed by atoms with E-state index in [1.54, 1.807) is 6.92 Å². The van der Waals surface area contributed by atoms with Gasteiger partial charge in [0.1, 0.15) is 6.61 Å². The van der Waals surface area contributed by atoms with E-state index < -0.39 is 33.8 Å². The number of aliphatic hydroxyl groups is 1. The molecule has 0 aliphatic heterocycles. The van der Waals surface area contributed by atoms with Crippen molar-refractivity contribution in [2.75, 3.05) is 26.4 Å². The van der Waals surface area contributed by atoms with Gasteiger partial charge in [0.05, 0.1) is 13.2 Å². The molecular weight excluding hydrogens is 553 g/mol. The highest BCUT2D eigenvalue weighted by Crippen LogP contribution is 2.31. The van der Waals surface area contributed by atoms with Crippen molar-refractivity contribution in [3.63, 3.8) is 0 Å². The monoisotopic (exact) mass is 608 g/mol. The number of aliphatic hydroxyl groups excluding tert-OH is 1. The lowest BCUT2D eigenvalue weighted by Crippen LogP contribution is -2.57. The largest absolute Gasteiger partial charge is 0.462 e. The minimum Gasteiger partial charge on any atom is -0.462 e. The van der Waals surface area contributed by atoms with Crippen LogP contribution in [0.25, 0.3) is 0 Å². The first kappa shape index (κ1) is 37.6. The van der Waals surface area contributed by atoms with Crippen molar-refractivity contribution >= 4 is 39.7 Å². The molecule has 0 aliphatic rings. The Kier molecular flexibility index (Phi) is 17.9. The Morgan fingerprint density at radius 2 is 1.29 bits per heavy atom. The van der Waals surface area contributed by atoms with Crippen LogP contribution in [0.15, 0.2) is 24.3 Å². The van der Waals surface area contributed by atoms with E-state index in [9.17, 15) is 9.90 Å². The lowest BCUT2D eigenvalue weighted by Gasteiger charge is -2.42. The van der Waals surface area contributed by atoms with Gasteiger partial charge in [-0.15, -0.1) is 0 Å². The Morgan fingerprint density at radius 1 is 0.711 bits per heavy atom. The number of ether oxygens (including phenoxy) is 1. The number of carbonyl (C=O) groups is 1. The summed E-state index contributed by atoms with van der Waals surface area (Å²) in [6.45, 7) is 27.8. The summed E-state index contributed by atoms with van der Waals surface area (Å²) in [5.74, 6) is -0.346. The molecule has 0 aromatic rings. The Balaban J connectivity index is 5.11. The number of unbranched alkanes of at least 4 members (excludes halogenated alkanes) is 2. The maximum atomic E-state index is 11.6. The molecule has 0 amide bonds. The number of hydrogen-bond donors (Lipinski definition) is 1. The van der Waals surface area contributed by atoms with Crippen LogP contribution in [0.3, 0.4) is 0 Å². The van der Waals surface area contributed by atoms with E-state index in [1.165, 1.54) is 0 Å². The van der Waals surface area contributed by atoms with Crippen LogP contribution in [0.1, 0.15) is 46.0 Å². The molecule has 1 atom stereocenters. The lowest BCUT2D eigenvalue weighted by atomic mass is 10.3. The first-order valence-electron chi connectivity index (χ1n) is 13.9. The third kappa shape index (κ3) is 19.6. The molecule has 38 heavy (non-hydrogen) atoms. The van der Waals surface area contributed by atoms with Crippen molar-refractivity contribution in [3.8, 4) is 0 Å². The van der Waals surface area contributed by atoms with E-state index >= 15 is 0 Å². The van der Waals surface area contributed by atoms with Crippen molar-refractivity contribution in [2.24, 2.45) is 0 Å². The second-order valence-corrected chi connectivity index (χ2v) is 28.1. The molecule has 1 N–H and O–H groups in total. The molecule has 224 valence electrons. The van der Waals surface area contributed by atoms with Crippen LogP contribution in [-0.2, 0) is 31.7 Å². The Bertz CT molecular complexity index is 730. The van der Waals surface area contributed by atoms with Gasteiger partial charge in [0.2, 0.25) is 0 Å². The van der Waals surface area contributed by atoms with Crippen molar-refractivity contribution in [2.45, 2.75) is 110 Å². The topological polar surface area (TPSA) is 92.7 Å². The molecular formula is C26H56O8Si4. The van der Waals surface area contributed by atoms with Crippen molar-refractivity contribution < 1.29 is 36.8 Å². The molecule has 8 nitrogen and oxygen atoms in total. The average Bonchev–Trinajstić information content (AvgIpc) is 2.74. The van der Waals surface area contributed by atoms with Crippen LogP contribution in [0.4, 0.5) is 0 Å². The number of rotatable bonds is 23. The standard InChI is InChI=1S/C26H56O8Si4/c1-24(2)23-31-30-19-16-21-36(7,8)33-38(11,22-14-12-13-17-27)34-37(9,10)32-35(5,6)20-15-18-29-26(28)25(3)4/h27H,1,3,12-23H2,2,4-11H3. The highest BCUT2D eigenvalue weighted by molar-refractivity contribution is 6.89. The van der Waals surface area contributed by atoms with E-state index in [-0.39, 0.29) is 12.6 Å². The third-order valence-electron chi connectivity index (χ3n) is 5.66. The molecule has 0 aliphatic carbocycles. The zero-order valence-corrected chi connectivity index (χ0v) is 29.7. The van der Waals surface area contributed by atoms with Gasteiger partial charge in [0, 0.05) is 12.2 Å². The minimum absolute atomic E-state index is 0.207. The first-order chi connectivity index (χ1) is 17.4. The summed E-state index contributed by atoms with van der Waals surface area (Å²) in [6.07, 6.45) is 4.32. The van der Waals surface area contributed by atoms with Gasteiger partial charge in [-0.25, -0.2) is 14.6 Å². The Labute approximate surface area is 236 Å². The quantitative estimate of drug-likeness (QED) is 0.0257. The van der Waals surface area contributed by atoms with E-state index in [0.29, 0.717) is 25.4 Å². The van der Waals surface area contributed by atoms with Crippen LogP contribution >= 0.6 is 0 Å². The predicted octanol–water partition coefficient (Wildman–Crippen LogP) is 6.81. The van der Waals surface area contributed by atoms with Gasteiger partial charge in [-0.1, -0.05) is 31.6 Å². The van der Waals surface area contributed by atoms with Gasteiger partial charge in [0.15, 0.2) is 16.6 Å². The maximum absolute atomic E-state index is 11.6. The van der Waals surface area contributed by atoms with Crippen molar-refractivity contribution in [1.82, 2.24) is 0 Å². The zero-order chi connectivity index (χ0) is 29.5. The van der Waals surface area contributed by atoms with Gasteiger partial charge >= 0.3 is 23.1 Å². The highest BCUT2D eigenvalue weighted by Gasteiger charge is 2.45. The van der Waals surface area contributed by atoms with Crippen LogP contribution in [0.5, 0.6) is 0 Å². The number of carbonyl (C=O) groups excluding carboxylic acids is 1. The van der Waals surface area contributed by atoms with Crippen LogP contribution in [-0.4, -0.2) is 71.3 Å². The summed E-state index contributed by atoms with van der Waals surface area (Å²) in [5, 5.41) is 9.22. The van der Waals surface area contributed by atoms with Gasteiger partial charge in [0.25, 0.3) is 0 Å². The second-order valence-electron chi connectivity index (χ2n) is 12.1. The molecule has 0 aromatic heterocycles. The fourth-order valence-corrected chi connectivity index (χ4v) is 24.1. The van der Waals surface area contributed by atoms with Crippen LogP contribution < -0.4 is 0 Å². The summed E-state index contributed by atoms with van der Waals surface area (Å²) in [4.78, 5) is 22.1. The normalized spacial score (nSPS) is 14.3. The lowest BCUT2D eigenvalue weighted by molar-refractivity contribution is -0.287. The molecule has 0 rings (SSSR count). The Hall–Kier alpha value is -0.422. The molecule has 0 fully saturated rings. The third-order valence-corrected chi connectivity index (χ3v) is 21.8. The fourth-order valence-electron chi connectivity index (χ4n) is 4.29. The maximum Gasteiger partial charge on any atom is 0.333 e. The second kappa shape index (κ2) is 18.1. The zero-order valence-electron chi connectivity index (χ0n) is 25.7. The Morgan fingerprint density at radius 3 is 1.84 bits per heavy atom. The number of hydrogen-bond acceptors (Lipinski definition) is 8. The molecule has 0 saturated heterocycles. The summed E-state index contributed by atoms with van der Waals surface area (Å²) >= 11 is 0. The summed E-state index contributed by atoms with van der Waals surface area (Å²) in [7, 11) is -9.14. The van der Waals surface area contributed by atoms with Crippen LogP contribution in [0, 0.1) is 0 Å². The average molecular weight is 609 g/mol. The summed E-state index contributed by atoms with van der Waals surface area (Å²) in [6, 6.07) is 2.69. The van der Waals surface area contributed by atoms with E-state index in [4.69, 9.17) is 26.9 Å². The van der Waals surface area contributed by atoms with E-state index in [0.717, 1.165) is 55.8 Å². The predicted molar refractivity (Wildman–Crippen MR) is 164 cm³/mol. The minimum atomic E-state index is -2.55.